The van der Waals surface area contributed by atoms with E-state index >= 15 is 0 Å². The van der Waals surface area contributed by atoms with Crippen molar-refractivity contribution in [2.75, 3.05) is 6.61 Å². The van der Waals surface area contributed by atoms with Crippen molar-refractivity contribution >= 4 is 5.97 Å². The largest absolute Gasteiger partial charge is 0.504 e. The van der Waals surface area contributed by atoms with Crippen LogP contribution in [0.5, 0.6) is 5.75 Å². The Morgan fingerprint density at radius 3 is 2.82 bits per heavy atom. The molecule has 0 aliphatic carbocycles. The fraction of sp³-hybridized carbons (Fsp3) is 0.250. The van der Waals surface area contributed by atoms with Crippen molar-refractivity contribution in [1.82, 2.24) is 0 Å². The van der Waals surface area contributed by atoms with E-state index in [-0.39, 0.29) is 18.6 Å². The number of phenols is 1. The number of phenolic OH excluding ortho intramolecular Hbond substituents is 1. The topological polar surface area (TPSA) is 46.5 Å². The fourth-order valence-corrected chi connectivity index (χ4v) is 1.08. The highest BCUT2D eigenvalue weighted by Gasteiger charge is 2.07. The molecular weight excluding hydrogens is 230 g/mol. The lowest BCUT2D eigenvalue weighted by atomic mass is 10.2. The highest BCUT2D eigenvalue weighted by Crippen LogP contribution is 2.21. The van der Waals surface area contributed by atoms with Gasteiger partial charge >= 0.3 is 5.97 Å². The Kier molecular flexibility index (Phi) is 4.46. The molecule has 0 heterocycles. The summed E-state index contributed by atoms with van der Waals surface area (Å²) in [6, 6.07) is 1.43. The van der Waals surface area contributed by atoms with Gasteiger partial charge in [0.25, 0.3) is 0 Å². The summed E-state index contributed by atoms with van der Waals surface area (Å²) < 4.78 is 30.3. The number of benzene rings is 1. The van der Waals surface area contributed by atoms with Crippen LogP contribution in [0.2, 0.25) is 0 Å². The maximum absolute atomic E-state index is 12.9. The molecule has 0 aromatic heterocycles. The molecule has 1 rings (SSSR count). The van der Waals surface area contributed by atoms with E-state index in [1.807, 2.05) is 0 Å². The van der Waals surface area contributed by atoms with Crippen molar-refractivity contribution in [2.24, 2.45) is 0 Å². The summed E-state index contributed by atoms with van der Waals surface area (Å²) in [5, 5.41) is 9.23. The number of esters is 1. The number of hydrogen-bond acceptors (Lipinski definition) is 3. The second kappa shape index (κ2) is 5.85. The van der Waals surface area contributed by atoms with Crippen LogP contribution in [0.15, 0.2) is 12.1 Å². The van der Waals surface area contributed by atoms with Gasteiger partial charge in [-0.25, -0.2) is 8.78 Å². The standard InChI is InChI=1S/C12H10F2O3/c1-2-17-11(15)5-3-4-8-6-9(13)7-10(14)12(8)16/h6-7,16H,2,5H2,1H3. The maximum atomic E-state index is 12.9. The first kappa shape index (κ1) is 13.0. The quantitative estimate of drug-likeness (QED) is 0.635. The zero-order valence-electron chi connectivity index (χ0n) is 9.09. The summed E-state index contributed by atoms with van der Waals surface area (Å²) in [6.07, 6.45) is -0.203. The first-order chi connectivity index (χ1) is 8.04. The van der Waals surface area contributed by atoms with Gasteiger partial charge in [0.1, 0.15) is 12.2 Å². The van der Waals surface area contributed by atoms with E-state index in [1.54, 1.807) is 6.92 Å². The second-order valence-electron chi connectivity index (χ2n) is 3.07. The SMILES string of the molecule is CCOC(=O)CC#Cc1cc(F)cc(F)c1O. The maximum Gasteiger partial charge on any atom is 0.317 e. The number of carbonyl (C=O) groups is 1. The molecule has 5 heteroatoms. The summed E-state index contributed by atoms with van der Waals surface area (Å²) in [6.45, 7) is 1.89. The van der Waals surface area contributed by atoms with Crippen molar-refractivity contribution in [3.05, 3.63) is 29.3 Å². The molecular formula is C12H10F2O3. The highest BCUT2D eigenvalue weighted by molar-refractivity contribution is 5.72. The average molecular weight is 240 g/mol. The van der Waals surface area contributed by atoms with Crippen LogP contribution in [-0.2, 0) is 9.53 Å². The van der Waals surface area contributed by atoms with Crippen LogP contribution >= 0.6 is 0 Å². The van der Waals surface area contributed by atoms with Crippen LogP contribution < -0.4 is 0 Å². The molecule has 3 nitrogen and oxygen atoms in total. The molecule has 17 heavy (non-hydrogen) atoms. The van der Waals surface area contributed by atoms with Crippen molar-refractivity contribution in [1.29, 1.82) is 0 Å². The first-order valence-corrected chi connectivity index (χ1v) is 4.87. The van der Waals surface area contributed by atoms with Gasteiger partial charge in [-0.3, -0.25) is 4.79 Å². The molecule has 1 aromatic carbocycles. The highest BCUT2D eigenvalue weighted by atomic mass is 19.1. The lowest BCUT2D eigenvalue weighted by Crippen LogP contribution is -2.01. The van der Waals surface area contributed by atoms with Crippen molar-refractivity contribution in [3.8, 4) is 17.6 Å². The van der Waals surface area contributed by atoms with Gasteiger partial charge in [0.15, 0.2) is 11.6 Å². The Bertz CT molecular complexity index is 487. The predicted octanol–water partition coefficient (Wildman–Crippen LogP) is 1.98. The number of halogens is 2. The molecule has 0 spiro atoms. The summed E-state index contributed by atoms with van der Waals surface area (Å²) in [5.41, 5.74) is -0.202. The van der Waals surface area contributed by atoms with Gasteiger partial charge < -0.3 is 9.84 Å². The average Bonchev–Trinajstić information content (AvgIpc) is 2.25. The van der Waals surface area contributed by atoms with Crippen LogP contribution in [0, 0.1) is 23.5 Å². The molecule has 0 saturated heterocycles. The van der Waals surface area contributed by atoms with Gasteiger partial charge in [-0.1, -0.05) is 11.8 Å². The predicted molar refractivity (Wildman–Crippen MR) is 56.2 cm³/mol. The van der Waals surface area contributed by atoms with E-state index in [4.69, 9.17) is 0 Å². The van der Waals surface area contributed by atoms with E-state index in [2.05, 4.69) is 16.6 Å². The van der Waals surface area contributed by atoms with Crippen LogP contribution in [0.4, 0.5) is 8.78 Å². The first-order valence-electron chi connectivity index (χ1n) is 4.87. The van der Waals surface area contributed by atoms with Crippen molar-refractivity contribution in [2.45, 2.75) is 13.3 Å². The molecule has 1 aromatic rings. The van der Waals surface area contributed by atoms with E-state index < -0.39 is 23.4 Å². The molecule has 0 unspecified atom stereocenters. The minimum atomic E-state index is -1.09. The minimum Gasteiger partial charge on any atom is -0.504 e. The van der Waals surface area contributed by atoms with Gasteiger partial charge in [0.05, 0.1) is 12.2 Å². The normalized spacial score (nSPS) is 9.35. The van der Waals surface area contributed by atoms with E-state index in [9.17, 15) is 18.7 Å². The van der Waals surface area contributed by atoms with Crippen molar-refractivity contribution in [3.63, 3.8) is 0 Å². The molecule has 0 bridgehead atoms. The van der Waals surface area contributed by atoms with Gasteiger partial charge in [-0.05, 0) is 13.0 Å². The Hall–Kier alpha value is -2.09. The molecule has 0 radical (unpaired) electrons. The number of rotatable bonds is 2. The summed E-state index contributed by atoms with van der Waals surface area (Å²) in [7, 11) is 0. The van der Waals surface area contributed by atoms with E-state index in [1.165, 1.54) is 0 Å². The van der Waals surface area contributed by atoms with Gasteiger partial charge in [0.2, 0.25) is 0 Å². The van der Waals surface area contributed by atoms with Gasteiger partial charge in [-0.2, -0.15) is 0 Å². The third-order valence-corrected chi connectivity index (χ3v) is 1.79. The minimum absolute atomic E-state index is 0.202. The molecule has 0 aliphatic heterocycles. The number of aromatic hydroxyl groups is 1. The Labute approximate surface area is 97.0 Å². The molecule has 0 fully saturated rings. The molecule has 90 valence electrons. The smallest absolute Gasteiger partial charge is 0.317 e. The Balaban J connectivity index is 2.82. The Morgan fingerprint density at radius 2 is 2.18 bits per heavy atom. The fourth-order valence-electron chi connectivity index (χ4n) is 1.08. The summed E-state index contributed by atoms with van der Waals surface area (Å²) in [4.78, 5) is 10.9. The summed E-state index contributed by atoms with van der Waals surface area (Å²) in [5.74, 6) is 1.46. The van der Waals surface area contributed by atoms with Crippen LogP contribution in [-0.4, -0.2) is 17.7 Å². The lowest BCUT2D eigenvalue weighted by molar-refractivity contribution is -0.141. The molecule has 1 N–H and O–H groups in total. The van der Waals surface area contributed by atoms with Crippen molar-refractivity contribution < 1.29 is 23.4 Å². The Morgan fingerprint density at radius 1 is 1.47 bits per heavy atom. The molecule has 0 aliphatic rings. The van der Waals surface area contributed by atoms with Gasteiger partial charge in [0, 0.05) is 6.07 Å². The van der Waals surface area contributed by atoms with Crippen LogP contribution in [0.3, 0.4) is 0 Å². The second-order valence-corrected chi connectivity index (χ2v) is 3.07. The molecule has 0 amide bonds. The number of carbonyl (C=O) groups excluding carboxylic acids is 1. The summed E-state index contributed by atoms with van der Waals surface area (Å²) >= 11 is 0. The van der Waals surface area contributed by atoms with E-state index in [0.29, 0.717) is 6.07 Å². The van der Waals surface area contributed by atoms with Crippen LogP contribution in [0.25, 0.3) is 0 Å². The zero-order chi connectivity index (χ0) is 12.8. The zero-order valence-corrected chi connectivity index (χ0v) is 9.09. The lowest BCUT2D eigenvalue weighted by Gasteiger charge is -1.98. The van der Waals surface area contributed by atoms with Gasteiger partial charge in [-0.15, -0.1) is 0 Å². The van der Waals surface area contributed by atoms with Crippen LogP contribution in [0.1, 0.15) is 18.9 Å². The third-order valence-electron chi connectivity index (χ3n) is 1.79. The number of ether oxygens (including phenoxy) is 1. The monoisotopic (exact) mass is 240 g/mol. The van der Waals surface area contributed by atoms with E-state index in [0.717, 1.165) is 6.07 Å². The molecule has 0 atom stereocenters. The molecule has 0 saturated carbocycles. The number of hydrogen-bond donors (Lipinski definition) is 1. The third kappa shape index (κ3) is 3.76.